The number of benzene rings is 1. The Hall–Kier alpha value is -1.49. The van der Waals surface area contributed by atoms with Crippen LogP contribution in [0.4, 0.5) is 8.78 Å². The van der Waals surface area contributed by atoms with E-state index in [4.69, 9.17) is 0 Å². The number of halogens is 2. The minimum absolute atomic E-state index is 0.0471. The van der Waals surface area contributed by atoms with Crippen molar-refractivity contribution in [3.05, 3.63) is 34.9 Å². The molecule has 20 heavy (non-hydrogen) atoms. The predicted octanol–water partition coefficient (Wildman–Crippen LogP) is 2.10. The van der Waals surface area contributed by atoms with Crippen LogP contribution in [0.15, 0.2) is 18.2 Å². The van der Waals surface area contributed by atoms with E-state index in [9.17, 15) is 13.6 Å². The molecule has 108 valence electrons. The highest BCUT2D eigenvalue weighted by Gasteiger charge is 2.42. The summed E-state index contributed by atoms with van der Waals surface area (Å²) in [6.07, 6.45) is 1.36. The van der Waals surface area contributed by atoms with Crippen LogP contribution >= 0.6 is 0 Å². The van der Waals surface area contributed by atoms with Crippen molar-refractivity contribution in [1.82, 2.24) is 10.6 Å². The first-order chi connectivity index (χ1) is 9.44. The third-order valence-corrected chi connectivity index (χ3v) is 4.12. The van der Waals surface area contributed by atoms with Crippen molar-refractivity contribution in [2.24, 2.45) is 0 Å². The third-order valence-electron chi connectivity index (χ3n) is 4.12. The van der Waals surface area contributed by atoms with Crippen LogP contribution in [0.3, 0.4) is 0 Å². The van der Waals surface area contributed by atoms with Gasteiger partial charge in [-0.05, 0) is 30.9 Å². The molecule has 0 saturated carbocycles. The number of rotatable bonds is 2. The maximum Gasteiger partial charge on any atom is 0.262 e. The Morgan fingerprint density at radius 3 is 2.95 bits per heavy atom. The molecule has 2 aliphatic rings. The zero-order valence-corrected chi connectivity index (χ0v) is 11.4. The average Bonchev–Trinajstić information content (AvgIpc) is 2.93. The summed E-state index contributed by atoms with van der Waals surface area (Å²) in [6, 6.07) is 5.35. The quantitative estimate of drug-likeness (QED) is 0.871. The van der Waals surface area contributed by atoms with E-state index >= 15 is 0 Å². The van der Waals surface area contributed by atoms with Crippen LogP contribution in [0, 0.1) is 6.92 Å². The SMILES string of the molecule is Cc1ccc2c(c1)CCC2NC(=O)C1CC(F)(F)CN1. The molecule has 1 aromatic carbocycles. The molecule has 1 aliphatic heterocycles. The Kier molecular flexibility index (Phi) is 3.24. The Labute approximate surface area is 116 Å². The van der Waals surface area contributed by atoms with Crippen LogP contribution in [0.2, 0.25) is 0 Å². The molecular weight excluding hydrogens is 262 g/mol. The fourth-order valence-electron chi connectivity index (χ4n) is 3.07. The maximum atomic E-state index is 13.1. The first kappa shape index (κ1) is 13.5. The predicted molar refractivity (Wildman–Crippen MR) is 71.7 cm³/mol. The normalized spacial score (nSPS) is 27.4. The Morgan fingerprint density at radius 2 is 2.25 bits per heavy atom. The Bertz CT molecular complexity index is 545. The van der Waals surface area contributed by atoms with Gasteiger partial charge in [0, 0.05) is 6.42 Å². The molecule has 0 spiro atoms. The number of fused-ring (bicyclic) bond motifs is 1. The van der Waals surface area contributed by atoms with Crippen LogP contribution in [0.25, 0.3) is 0 Å². The molecule has 1 fully saturated rings. The fourth-order valence-corrected chi connectivity index (χ4v) is 3.07. The lowest BCUT2D eigenvalue weighted by Crippen LogP contribution is -2.41. The van der Waals surface area contributed by atoms with Gasteiger partial charge in [0.15, 0.2) is 0 Å². The number of amides is 1. The summed E-state index contributed by atoms with van der Waals surface area (Å²) in [5.41, 5.74) is 3.57. The van der Waals surface area contributed by atoms with Gasteiger partial charge in [-0.25, -0.2) is 8.78 Å². The molecule has 0 radical (unpaired) electrons. The van der Waals surface area contributed by atoms with E-state index in [-0.39, 0.29) is 11.9 Å². The van der Waals surface area contributed by atoms with Gasteiger partial charge in [0.1, 0.15) is 0 Å². The van der Waals surface area contributed by atoms with Crippen molar-refractivity contribution in [3.8, 4) is 0 Å². The highest BCUT2D eigenvalue weighted by molar-refractivity contribution is 5.82. The standard InChI is InChI=1S/C15H18F2N2O/c1-9-2-4-11-10(6-9)3-5-12(11)19-14(20)13-7-15(16,17)8-18-13/h2,4,6,12-13,18H,3,5,7-8H2,1H3,(H,19,20). The molecule has 1 aromatic rings. The summed E-state index contributed by atoms with van der Waals surface area (Å²) in [4.78, 5) is 12.1. The van der Waals surface area contributed by atoms with E-state index in [0.29, 0.717) is 0 Å². The van der Waals surface area contributed by atoms with Crippen LogP contribution in [-0.4, -0.2) is 24.4 Å². The molecule has 1 amide bonds. The molecule has 2 atom stereocenters. The molecular formula is C15H18F2N2O. The molecule has 2 N–H and O–H groups in total. The summed E-state index contributed by atoms with van der Waals surface area (Å²) in [6.45, 7) is 1.63. The topological polar surface area (TPSA) is 41.1 Å². The van der Waals surface area contributed by atoms with Gasteiger partial charge in [-0.3, -0.25) is 10.1 Å². The van der Waals surface area contributed by atoms with E-state index in [1.807, 2.05) is 19.1 Å². The summed E-state index contributed by atoms with van der Waals surface area (Å²) in [5, 5.41) is 5.49. The van der Waals surface area contributed by atoms with Gasteiger partial charge in [0.2, 0.25) is 5.91 Å². The minimum Gasteiger partial charge on any atom is -0.348 e. The zero-order chi connectivity index (χ0) is 14.3. The van der Waals surface area contributed by atoms with Crippen molar-refractivity contribution in [1.29, 1.82) is 0 Å². The second kappa shape index (κ2) is 4.81. The Morgan fingerprint density at radius 1 is 1.45 bits per heavy atom. The van der Waals surface area contributed by atoms with Crippen molar-refractivity contribution in [2.75, 3.05) is 6.54 Å². The lowest BCUT2D eigenvalue weighted by atomic mass is 10.0. The van der Waals surface area contributed by atoms with Crippen molar-refractivity contribution < 1.29 is 13.6 Å². The minimum atomic E-state index is -2.77. The average molecular weight is 280 g/mol. The maximum absolute atomic E-state index is 13.1. The number of hydrogen-bond donors (Lipinski definition) is 2. The van der Waals surface area contributed by atoms with E-state index in [0.717, 1.165) is 18.4 Å². The summed E-state index contributed by atoms with van der Waals surface area (Å²) in [7, 11) is 0. The molecule has 2 unspecified atom stereocenters. The van der Waals surface area contributed by atoms with Gasteiger partial charge < -0.3 is 5.32 Å². The number of nitrogens with one attached hydrogen (secondary N) is 2. The molecule has 1 heterocycles. The number of aryl methyl sites for hydroxylation is 2. The van der Waals surface area contributed by atoms with Crippen LogP contribution in [0.5, 0.6) is 0 Å². The highest BCUT2D eigenvalue weighted by Crippen LogP contribution is 2.32. The van der Waals surface area contributed by atoms with Gasteiger partial charge in [-0.15, -0.1) is 0 Å². The van der Waals surface area contributed by atoms with Crippen molar-refractivity contribution >= 4 is 5.91 Å². The number of alkyl halides is 2. The lowest BCUT2D eigenvalue weighted by molar-refractivity contribution is -0.124. The van der Waals surface area contributed by atoms with Crippen LogP contribution in [0.1, 0.15) is 35.6 Å². The molecule has 0 aromatic heterocycles. The Balaban J connectivity index is 1.67. The first-order valence-electron chi connectivity index (χ1n) is 6.96. The third kappa shape index (κ3) is 2.54. The number of carbonyl (C=O) groups is 1. The second-order valence-corrected chi connectivity index (χ2v) is 5.80. The van der Waals surface area contributed by atoms with Gasteiger partial charge in [0.05, 0.1) is 18.6 Å². The second-order valence-electron chi connectivity index (χ2n) is 5.80. The van der Waals surface area contributed by atoms with Crippen molar-refractivity contribution in [2.45, 2.75) is 44.2 Å². The summed E-state index contributed by atoms with van der Waals surface area (Å²) >= 11 is 0. The number of hydrogen-bond acceptors (Lipinski definition) is 2. The summed E-state index contributed by atoms with van der Waals surface area (Å²) < 4.78 is 26.2. The van der Waals surface area contributed by atoms with Gasteiger partial charge in [-0.2, -0.15) is 0 Å². The molecule has 3 rings (SSSR count). The molecule has 3 nitrogen and oxygen atoms in total. The smallest absolute Gasteiger partial charge is 0.262 e. The van der Waals surface area contributed by atoms with Crippen molar-refractivity contribution in [3.63, 3.8) is 0 Å². The molecule has 5 heteroatoms. The van der Waals surface area contributed by atoms with E-state index in [1.54, 1.807) is 0 Å². The van der Waals surface area contributed by atoms with E-state index in [1.165, 1.54) is 11.1 Å². The molecule has 1 saturated heterocycles. The number of carbonyl (C=O) groups excluding carboxylic acids is 1. The summed E-state index contributed by atoms with van der Waals surface area (Å²) in [5.74, 6) is -3.09. The van der Waals surface area contributed by atoms with Gasteiger partial charge in [0.25, 0.3) is 5.92 Å². The zero-order valence-electron chi connectivity index (χ0n) is 11.4. The van der Waals surface area contributed by atoms with Crippen LogP contribution < -0.4 is 10.6 Å². The van der Waals surface area contributed by atoms with Gasteiger partial charge >= 0.3 is 0 Å². The fraction of sp³-hybridized carbons (Fsp3) is 0.533. The highest BCUT2D eigenvalue weighted by atomic mass is 19.3. The van der Waals surface area contributed by atoms with E-state index in [2.05, 4.69) is 16.7 Å². The monoisotopic (exact) mass is 280 g/mol. The first-order valence-corrected chi connectivity index (χ1v) is 6.96. The molecule has 0 bridgehead atoms. The van der Waals surface area contributed by atoms with Gasteiger partial charge in [-0.1, -0.05) is 23.8 Å². The lowest BCUT2D eigenvalue weighted by Gasteiger charge is -2.17. The van der Waals surface area contributed by atoms with Crippen LogP contribution in [-0.2, 0) is 11.2 Å². The molecule has 1 aliphatic carbocycles. The van der Waals surface area contributed by atoms with E-state index < -0.39 is 24.9 Å². The largest absolute Gasteiger partial charge is 0.348 e.